The van der Waals surface area contributed by atoms with Crippen LogP contribution < -0.4 is 5.32 Å². The Labute approximate surface area is 144 Å². The highest BCUT2D eigenvalue weighted by molar-refractivity contribution is 7.09. The quantitative estimate of drug-likeness (QED) is 0.751. The van der Waals surface area contributed by atoms with Crippen LogP contribution in [0.2, 0.25) is 0 Å². The summed E-state index contributed by atoms with van der Waals surface area (Å²) in [5, 5.41) is 14.1. The van der Waals surface area contributed by atoms with Crippen LogP contribution >= 0.6 is 11.3 Å². The Morgan fingerprint density at radius 1 is 1.46 bits per heavy atom. The SMILES string of the molecule is O=C(O)/C=C/c1cnc(N[C@@H]2CCN(CCc3cccs3)C2)cn1. The van der Waals surface area contributed by atoms with Crippen molar-refractivity contribution in [1.82, 2.24) is 14.9 Å². The van der Waals surface area contributed by atoms with E-state index in [1.165, 1.54) is 11.0 Å². The molecule has 1 fully saturated rings. The van der Waals surface area contributed by atoms with Crippen molar-refractivity contribution in [3.8, 4) is 0 Å². The van der Waals surface area contributed by atoms with Gasteiger partial charge in [-0.2, -0.15) is 0 Å². The molecule has 0 bridgehead atoms. The molecule has 2 aromatic rings. The minimum atomic E-state index is -0.993. The van der Waals surface area contributed by atoms with Crippen molar-refractivity contribution in [2.75, 3.05) is 25.0 Å². The third-order valence-corrected chi connectivity index (χ3v) is 4.88. The zero-order chi connectivity index (χ0) is 16.8. The summed E-state index contributed by atoms with van der Waals surface area (Å²) in [7, 11) is 0. The summed E-state index contributed by atoms with van der Waals surface area (Å²) in [4.78, 5) is 22.9. The van der Waals surface area contributed by atoms with Crippen molar-refractivity contribution in [1.29, 1.82) is 0 Å². The van der Waals surface area contributed by atoms with Crippen molar-refractivity contribution < 1.29 is 9.90 Å². The van der Waals surface area contributed by atoms with Gasteiger partial charge < -0.3 is 15.3 Å². The summed E-state index contributed by atoms with van der Waals surface area (Å²) in [5.41, 5.74) is 0.534. The van der Waals surface area contributed by atoms with Crippen LogP contribution in [-0.4, -0.2) is 51.6 Å². The van der Waals surface area contributed by atoms with Crippen LogP contribution in [0.3, 0.4) is 0 Å². The van der Waals surface area contributed by atoms with Gasteiger partial charge in [-0.15, -0.1) is 11.3 Å². The van der Waals surface area contributed by atoms with Gasteiger partial charge in [0.1, 0.15) is 5.82 Å². The van der Waals surface area contributed by atoms with Crippen molar-refractivity contribution >= 4 is 29.2 Å². The van der Waals surface area contributed by atoms with Crippen molar-refractivity contribution in [2.24, 2.45) is 0 Å². The fourth-order valence-corrected chi connectivity index (χ4v) is 3.44. The Hall–Kier alpha value is -2.25. The first-order valence-corrected chi connectivity index (χ1v) is 8.81. The first-order chi connectivity index (χ1) is 11.7. The molecular formula is C17H20N4O2S. The third kappa shape index (κ3) is 4.87. The van der Waals surface area contributed by atoms with E-state index in [2.05, 4.69) is 37.7 Å². The number of aromatic nitrogens is 2. The van der Waals surface area contributed by atoms with E-state index < -0.39 is 5.97 Å². The summed E-state index contributed by atoms with van der Waals surface area (Å²) < 4.78 is 0. The lowest BCUT2D eigenvalue weighted by molar-refractivity contribution is -0.131. The molecule has 126 valence electrons. The maximum absolute atomic E-state index is 10.5. The molecule has 1 atom stereocenters. The van der Waals surface area contributed by atoms with E-state index in [0.29, 0.717) is 11.7 Å². The molecule has 7 heteroatoms. The smallest absolute Gasteiger partial charge is 0.328 e. The summed E-state index contributed by atoms with van der Waals surface area (Å²) in [6, 6.07) is 4.66. The van der Waals surface area contributed by atoms with Gasteiger partial charge in [0.2, 0.25) is 0 Å². The number of nitrogens with one attached hydrogen (secondary N) is 1. The number of hydrogen-bond acceptors (Lipinski definition) is 6. The van der Waals surface area contributed by atoms with Crippen LogP contribution in [0, 0.1) is 0 Å². The van der Waals surface area contributed by atoms with E-state index >= 15 is 0 Å². The summed E-state index contributed by atoms with van der Waals surface area (Å²) >= 11 is 1.81. The maximum atomic E-state index is 10.5. The van der Waals surface area contributed by atoms with Crippen molar-refractivity contribution in [2.45, 2.75) is 18.9 Å². The minimum absolute atomic E-state index is 0.378. The maximum Gasteiger partial charge on any atom is 0.328 e. The van der Waals surface area contributed by atoms with Crippen LogP contribution in [0.5, 0.6) is 0 Å². The number of anilines is 1. The highest BCUT2D eigenvalue weighted by Gasteiger charge is 2.22. The molecule has 0 aliphatic carbocycles. The predicted molar refractivity (Wildman–Crippen MR) is 95.2 cm³/mol. The van der Waals surface area contributed by atoms with Gasteiger partial charge in [-0.25, -0.2) is 9.78 Å². The Bertz CT molecular complexity index is 685. The number of likely N-dealkylation sites (tertiary alicyclic amines) is 1. The second-order valence-electron chi connectivity index (χ2n) is 5.76. The second-order valence-corrected chi connectivity index (χ2v) is 6.79. The van der Waals surface area contributed by atoms with Gasteiger partial charge in [0.05, 0.1) is 18.1 Å². The lowest BCUT2D eigenvalue weighted by Crippen LogP contribution is -2.28. The van der Waals surface area contributed by atoms with Crippen LogP contribution in [0.25, 0.3) is 6.08 Å². The van der Waals surface area contributed by atoms with Crippen LogP contribution in [0.1, 0.15) is 17.0 Å². The standard InChI is InChI=1S/C17H20N4O2S/c22-17(23)4-3-13-10-19-16(11-18-13)20-14-5-7-21(12-14)8-6-15-2-1-9-24-15/h1-4,9-11,14H,5-8,12H2,(H,19,20)(H,22,23)/b4-3+/t14-/m1/s1. The van der Waals surface area contributed by atoms with Crippen LogP contribution in [0.15, 0.2) is 36.0 Å². The molecule has 0 unspecified atom stereocenters. The fraction of sp³-hybridized carbons (Fsp3) is 0.353. The van der Waals surface area contributed by atoms with Crippen molar-refractivity contribution in [3.63, 3.8) is 0 Å². The Morgan fingerprint density at radius 3 is 3.08 bits per heavy atom. The van der Waals surface area contributed by atoms with Gasteiger partial charge in [-0.05, 0) is 30.4 Å². The Balaban J connectivity index is 1.45. The van der Waals surface area contributed by atoms with Gasteiger partial charge in [0, 0.05) is 36.6 Å². The molecule has 6 nitrogen and oxygen atoms in total. The second kappa shape index (κ2) is 8.03. The topological polar surface area (TPSA) is 78.3 Å². The van der Waals surface area contributed by atoms with Gasteiger partial charge in [0.25, 0.3) is 0 Å². The molecule has 0 amide bonds. The number of nitrogens with zero attached hydrogens (tertiary/aromatic N) is 3. The third-order valence-electron chi connectivity index (χ3n) is 3.95. The fourth-order valence-electron chi connectivity index (χ4n) is 2.74. The normalized spacial score (nSPS) is 18.2. The summed E-state index contributed by atoms with van der Waals surface area (Å²) in [6.45, 7) is 3.19. The first-order valence-electron chi connectivity index (χ1n) is 7.93. The molecule has 3 heterocycles. The summed E-state index contributed by atoms with van der Waals surface area (Å²) in [5.74, 6) is -0.264. The predicted octanol–water partition coefficient (Wildman–Crippen LogP) is 2.36. The summed E-state index contributed by atoms with van der Waals surface area (Å²) in [6.07, 6.45) is 7.91. The number of carboxylic acids is 1. The van der Waals surface area contributed by atoms with Crippen LogP contribution in [-0.2, 0) is 11.2 Å². The molecule has 2 aromatic heterocycles. The lowest BCUT2D eigenvalue weighted by atomic mass is 10.2. The van der Waals surface area contributed by atoms with E-state index in [1.807, 2.05) is 11.3 Å². The van der Waals surface area contributed by atoms with Crippen molar-refractivity contribution in [3.05, 3.63) is 46.6 Å². The number of carbonyl (C=O) groups is 1. The van der Waals surface area contributed by atoms with Gasteiger partial charge in [-0.3, -0.25) is 4.98 Å². The Morgan fingerprint density at radius 2 is 2.38 bits per heavy atom. The van der Waals surface area contributed by atoms with Gasteiger partial charge in [0.15, 0.2) is 0 Å². The Kier molecular flexibility index (Phi) is 5.55. The monoisotopic (exact) mass is 344 g/mol. The number of rotatable bonds is 7. The van der Waals surface area contributed by atoms with E-state index in [4.69, 9.17) is 5.11 Å². The number of carboxylic acid groups (broad SMARTS) is 1. The van der Waals surface area contributed by atoms with Gasteiger partial charge >= 0.3 is 5.97 Å². The molecule has 0 aromatic carbocycles. The number of aliphatic carboxylic acids is 1. The molecule has 0 radical (unpaired) electrons. The molecule has 1 aliphatic heterocycles. The largest absolute Gasteiger partial charge is 0.478 e. The van der Waals surface area contributed by atoms with E-state index in [1.54, 1.807) is 12.4 Å². The average molecular weight is 344 g/mol. The van der Waals surface area contributed by atoms with Crippen LogP contribution in [0.4, 0.5) is 5.82 Å². The molecule has 1 aliphatic rings. The zero-order valence-electron chi connectivity index (χ0n) is 13.3. The molecule has 3 rings (SSSR count). The first kappa shape index (κ1) is 16.6. The highest BCUT2D eigenvalue weighted by Crippen LogP contribution is 2.16. The zero-order valence-corrected chi connectivity index (χ0v) is 14.1. The van der Waals surface area contributed by atoms with E-state index in [9.17, 15) is 4.79 Å². The number of thiophene rings is 1. The highest BCUT2D eigenvalue weighted by atomic mass is 32.1. The molecule has 0 spiro atoms. The lowest BCUT2D eigenvalue weighted by Gasteiger charge is -2.16. The minimum Gasteiger partial charge on any atom is -0.478 e. The molecule has 0 saturated carbocycles. The molecule has 1 saturated heterocycles. The molecular weight excluding hydrogens is 324 g/mol. The number of hydrogen-bond donors (Lipinski definition) is 2. The van der Waals surface area contributed by atoms with E-state index in [0.717, 1.165) is 44.4 Å². The van der Waals surface area contributed by atoms with Gasteiger partial charge in [-0.1, -0.05) is 6.07 Å². The molecule has 2 N–H and O–H groups in total. The molecule has 24 heavy (non-hydrogen) atoms. The average Bonchev–Trinajstić information content (AvgIpc) is 3.24. The van der Waals surface area contributed by atoms with E-state index in [-0.39, 0.29) is 0 Å².